The van der Waals surface area contributed by atoms with Gasteiger partial charge in [0.05, 0.1) is 1.37 Å². The van der Waals surface area contributed by atoms with Crippen molar-refractivity contribution in [3.05, 3.63) is 71.2 Å². The SMILES string of the molecule is [2H]c1c(Br)ccc2c3ccccc3c3ccccc3c12. The zero-order valence-corrected chi connectivity index (χ0v) is 11.7. The molecule has 0 aliphatic heterocycles. The highest BCUT2D eigenvalue weighted by atomic mass is 79.9. The van der Waals surface area contributed by atoms with Gasteiger partial charge in [0.2, 0.25) is 0 Å². The van der Waals surface area contributed by atoms with Crippen molar-refractivity contribution < 1.29 is 1.37 Å². The molecule has 0 heterocycles. The molecular formula is C18H11Br. The number of hydrogen-bond acceptors (Lipinski definition) is 0. The van der Waals surface area contributed by atoms with Crippen molar-refractivity contribution in [2.24, 2.45) is 0 Å². The molecule has 0 saturated carbocycles. The molecule has 0 N–H and O–H groups in total. The van der Waals surface area contributed by atoms with E-state index in [4.69, 9.17) is 1.37 Å². The van der Waals surface area contributed by atoms with Crippen molar-refractivity contribution in [3.63, 3.8) is 0 Å². The molecule has 0 spiro atoms. The highest BCUT2D eigenvalue weighted by molar-refractivity contribution is 9.10. The number of hydrogen-bond donors (Lipinski definition) is 0. The molecule has 0 atom stereocenters. The first-order valence-corrected chi connectivity index (χ1v) is 7.05. The zero-order chi connectivity index (χ0) is 13.7. The molecule has 0 nitrogen and oxygen atoms in total. The molecule has 0 radical (unpaired) electrons. The monoisotopic (exact) mass is 307 g/mol. The van der Waals surface area contributed by atoms with Gasteiger partial charge in [-0.05, 0) is 44.4 Å². The Labute approximate surface area is 121 Å². The fourth-order valence-corrected chi connectivity index (χ4v) is 3.12. The van der Waals surface area contributed by atoms with E-state index in [0.717, 1.165) is 20.6 Å². The highest BCUT2D eigenvalue weighted by Gasteiger charge is 2.07. The first-order chi connectivity index (χ1) is 9.77. The maximum Gasteiger partial charge on any atom is 0.0641 e. The third kappa shape index (κ3) is 1.58. The molecule has 1 heteroatoms. The van der Waals surface area contributed by atoms with Crippen LogP contribution in [0.25, 0.3) is 32.3 Å². The zero-order valence-electron chi connectivity index (χ0n) is 11.2. The fraction of sp³-hybridized carbons (Fsp3) is 0. The molecular weight excluding hydrogens is 296 g/mol. The number of rotatable bonds is 0. The van der Waals surface area contributed by atoms with E-state index in [1.165, 1.54) is 16.2 Å². The van der Waals surface area contributed by atoms with Gasteiger partial charge in [-0.1, -0.05) is 70.5 Å². The van der Waals surface area contributed by atoms with Crippen LogP contribution in [-0.4, -0.2) is 0 Å². The van der Waals surface area contributed by atoms with Crippen LogP contribution in [0.3, 0.4) is 0 Å². The van der Waals surface area contributed by atoms with Gasteiger partial charge in [0.25, 0.3) is 0 Å². The molecule has 19 heavy (non-hydrogen) atoms. The van der Waals surface area contributed by atoms with Crippen LogP contribution in [0.1, 0.15) is 1.37 Å². The third-order valence-electron chi connectivity index (χ3n) is 3.61. The molecule has 0 amide bonds. The third-order valence-corrected chi connectivity index (χ3v) is 4.08. The molecule has 0 saturated heterocycles. The number of benzene rings is 4. The van der Waals surface area contributed by atoms with Crippen molar-refractivity contribution in [3.8, 4) is 0 Å². The smallest absolute Gasteiger partial charge is 0.0616 e. The predicted octanol–water partition coefficient (Wildman–Crippen LogP) is 5.91. The van der Waals surface area contributed by atoms with Gasteiger partial charge in [-0.15, -0.1) is 0 Å². The highest BCUT2D eigenvalue weighted by Crippen LogP contribution is 2.35. The van der Waals surface area contributed by atoms with Crippen LogP contribution in [0.2, 0.25) is 0 Å². The molecule has 0 unspecified atom stereocenters. The molecule has 4 aromatic carbocycles. The largest absolute Gasteiger partial charge is 0.0641 e. The van der Waals surface area contributed by atoms with E-state index in [2.05, 4.69) is 64.5 Å². The summed E-state index contributed by atoms with van der Waals surface area (Å²) < 4.78 is 9.24. The lowest BCUT2D eigenvalue weighted by Gasteiger charge is -2.10. The van der Waals surface area contributed by atoms with Gasteiger partial charge >= 0.3 is 0 Å². The van der Waals surface area contributed by atoms with Crippen molar-refractivity contribution in [1.29, 1.82) is 0 Å². The van der Waals surface area contributed by atoms with E-state index in [9.17, 15) is 0 Å². The van der Waals surface area contributed by atoms with Gasteiger partial charge in [0, 0.05) is 4.47 Å². The summed E-state index contributed by atoms with van der Waals surface area (Å²) in [4.78, 5) is 0. The van der Waals surface area contributed by atoms with Crippen LogP contribution in [0.4, 0.5) is 0 Å². The van der Waals surface area contributed by atoms with Gasteiger partial charge in [-0.25, -0.2) is 0 Å². The first kappa shape index (κ1) is 9.99. The summed E-state index contributed by atoms with van der Waals surface area (Å²) in [5, 5.41) is 6.98. The van der Waals surface area contributed by atoms with Crippen molar-refractivity contribution in [1.82, 2.24) is 0 Å². The minimum absolute atomic E-state index is 0.560. The Morgan fingerprint density at radius 2 is 1.00 bits per heavy atom. The molecule has 0 bridgehead atoms. The summed E-state index contributed by atoms with van der Waals surface area (Å²) >= 11 is 3.48. The minimum atomic E-state index is 0.560. The summed E-state index contributed by atoms with van der Waals surface area (Å²) in [6.45, 7) is 0. The van der Waals surface area contributed by atoms with Crippen LogP contribution in [-0.2, 0) is 0 Å². The van der Waals surface area contributed by atoms with Gasteiger partial charge in [-0.2, -0.15) is 0 Å². The van der Waals surface area contributed by atoms with Gasteiger partial charge in [-0.3, -0.25) is 0 Å². The van der Waals surface area contributed by atoms with Crippen LogP contribution in [0, 0.1) is 0 Å². The van der Waals surface area contributed by atoms with Crippen molar-refractivity contribution >= 4 is 48.2 Å². The Kier molecular flexibility index (Phi) is 2.14. The van der Waals surface area contributed by atoms with Gasteiger partial charge in [0.1, 0.15) is 0 Å². The van der Waals surface area contributed by atoms with E-state index in [1.54, 1.807) is 0 Å². The average Bonchev–Trinajstić information content (AvgIpc) is 2.50. The van der Waals surface area contributed by atoms with E-state index < -0.39 is 0 Å². The normalized spacial score (nSPS) is 12.2. The Balaban J connectivity index is 2.46. The maximum absolute atomic E-state index is 8.40. The lowest BCUT2D eigenvalue weighted by atomic mass is 9.94. The second-order valence-corrected chi connectivity index (χ2v) is 5.54. The Morgan fingerprint density at radius 3 is 1.53 bits per heavy atom. The molecule has 0 aromatic heterocycles. The van der Waals surface area contributed by atoms with Crippen LogP contribution >= 0.6 is 15.9 Å². The average molecular weight is 308 g/mol. The van der Waals surface area contributed by atoms with Gasteiger partial charge < -0.3 is 0 Å². The molecule has 4 aromatic rings. The Hall–Kier alpha value is -1.86. The standard InChI is InChI=1S/C18H11Br/c19-12-9-10-17-15-7-2-1-5-13(15)14-6-3-4-8-16(14)18(17)11-12/h1-11H/i11D. The second kappa shape index (κ2) is 4.07. The lowest BCUT2D eigenvalue weighted by Crippen LogP contribution is -1.82. The predicted molar refractivity (Wildman–Crippen MR) is 86.7 cm³/mol. The number of fused-ring (bicyclic) bond motifs is 6. The van der Waals surface area contributed by atoms with Crippen LogP contribution in [0.5, 0.6) is 0 Å². The van der Waals surface area contributed by atoms with Crippen LogP contribution < -0.4 is 0 Å². The Morgan fingerprint density at radius 1 is 0.579 bits per heavy atom. The minimum Gasteiger partial charge on any atom is -0.0616 e. The Bertz CT molecular complexity index is 938. The summed E-state index contributed by atoms with van der Waals surface area (Å²) in [5.41, 5.74) is 0. The summed E-state index contributed by atoms with van der Waals surface area (Å²) in [6.07, 6.45) is 0. The van der Waals surface area contributed by atoms with Gasteiger partial charge in [0.15, 0.2) is 0 Å². The van der Waals surface area contributed by atoms with E-state index in [0.29, 0.717) is 6.04 Å². The van der Waals surface area contributed by atoms with E-state index in [-0.39, 0.29) is 0 Å². The number of halogens is 1. The summed E-state index contributed by atoms with van der Waals surface area (Å²) in [7, 11) is 0. The lowest BCUT2D eigenvalue weighted by molar-refractivity contribution is 1.73. The van der Waals surface area contributed by atoms with Crippen molar-refractivity contribution in [2.45, 2.75) is 0 Å². The molecule has 0 aliphatic rings. The van der Waals surface area contributed by atoms with Crippen LogP contribution in [0.15, 0.2) is 71.2 Å². The maximum atomic E-state index is 8.40. The summed E-state index contributed by atoms with van der Waals surface area (Å²) in [5.74, 6) is 0. The van der Waals surface area contributed by atoms with E-state index >= 15 is 0 Å². The quantitative estimate of drug-likeness (QED) is 0.354. The topological polar surface area (TPSA) is 0 Å². The van der Waals surface area contributed by atoms with Crippen molar-refractivity contribution in [2.75, 3.05) is 0 Å². The molecule has 4 rings (SSSR count). The summed E-state index contributed by atoms with van der Waals surface area (Å²) in [6, 6.07) is 21.4. The van der Waals surface area contributed by atoms with E-state index in [1.807, 2.05) is 12.1 Å². The fourth-order valence-electron chi connectivity index (χ4n) is 2.79. The first-order valence-electron chi connectivity index (χ1n) is 6.75. The second-order valence-electron chi connectivity index (χ2n) is 4.69. The molecule has 0 aliphatic carbocycles. The molecule has 90 valence electrons. The molecule has 0 fully saturated rings.